The highest BCUT2D eigenvalue weighted by molar-refractivity contribution is 5.41. The van der Waals surface area contributed by atoms with Crippen molar-refractivity contribution in [2.45, 2.75) is 26.3 Å². The van der Waals surface area contributed by atoms with Gasteiger partial charge in [0.15, 0.2) is 0 Å². The van der Waals surface area contributed by atoms with Gasteiger partial charge in [0.25, 0.3) is 0 Å². The number of piperidine rings is 1. The van der Waals surface area contributed by atoms with Gasteiger partial charge in [-0.15, -0.1) is 0 Å². The second-order valence-corrected chi connectivity index (χ2v) is 5.22. The molecule has 1 aliphatic rings. The van der Waals surface area contributed by atoms with Crippen molar-refractivity contribution in [3.63, 3.8) is 0 Å². The lowest BCUT2D eigenvalue weighted by Gasteiger charge is -2.30. The largest absolute Gasteiger partial charge is 0.384 e. The number of halogens is 1. The summed E-state index contributed by atoms with van der Waals surface area (Å²) < 4.78 is 13.3. The zero-order chi connectivity index (χ0) is 13.7. The Morgan fingerprint density at radius 1 is 1.37 bits per heavy atom. The Balaban J connectivity index is 2.10. The van der Waals surface area contributed by atoms with Gasteiger partial charge in [0.05, 0.1) is 0 Å². The van der Waals surface area contributed by atoms with Gasteiger partial charge in [-0.2, -0.15) is 0 Å². The summed E-state index contributed by atoms with van der Waals surface area (Å²) in [7, 11) is 0. The molecule has 0 bridgehead atoms. The molecule has 1 aromatic rings. The highest BCUT2D eigenvalue weighted by Crippen LogP contribution is 2.20. The van der Waals surface area contributed by atoms with E-state index in [4.69, 9.17) is 5.11 Å². The molecule has 0 atom stereocenters. The quantitative estimate of drug-likeness (QED) is 0.826. The van der Waals surface area contributed by atoms with Gasteiger partial charge in [0.1, 0.15) is 12.4 Å². The number of hydrogen-bond donors (Lipinski definition) is 1. The zero-order valence-corrected chi connectivity index (χ0v) is 11.3. The van der Waals surface area contributed by atoms with Gasteiger partial charge in [0.2, 0.25) is 0 Å². The van der Waals surface area contributed by atoms with Crippen molar-refractivity contribution in [2.24, 2.45) is 5.92 Å². The van der Waals surface area contributed by atoms with Crippen LogP contribution in [0.5, 0.6) is 0 Å². The maximum Gasteiger partial charge on any atom is 0.124 e. The van der Waals surface area contributed by atoms with Gasteiger partial charge in [-0.25, -0.2) is 4.39 Å². The SMILES string of the molecule is CC1CCN(Cc2ccc(F)cc2C#CCO)CC1. The molecule has 1 saturated heterocycles. The van der Waals surface area contributed by atoms with Gasteiger partial charge < -0.3 is 5.11 Å². The molecule has 102 valence electrons. The van der Waals surface area contributed by atoms with E-state index in [1.807, 2.05) is 0 Å². The molecule has 1 N–H and O–H groups in total. The Morgan fingerprint density at radius 3 is 2.79 bits per heavy atom. The van der Waals surface area contributed by atoms with Crippen LogP contribution in [0.1, 0.15) is 30.9 Å². The first-order chi connectivity index (χ1) is 9.19. The van der Waals surface area contributed by atoms with Crippen LogP contribution in [-0.2, 0) is 6.54 Å². The molecular formula is C16H20FNO. The first-order valence-corrected chi connectivity index (χ1v) is 6.79. The van der Waals surface area contributed by atoms with Crippen molar-refractivity contribution >= 4 is 0 Å². The van der Waals surface area contributed by atoms with Crippen LogP contribution in [0.25, 0.3) is 0 Å². The van der Waals surface area contributed by atoms with Crippen molar-refractivity contribution in [2.75, 3.05) is 19.7 Å². The lowest BCUT2D eigenvalue weighted by molar-refractivity contribution is 0.185. The third kappa shape index (κ3) is 4.05. The topological polar surface area (TPSA) is 23.5 Å². The number of nitrogens with zero attached hydrogens (tertiary/aromatic N) is 1. The van der Waals surface area contributed by atoms with Crippen molar-refractivity contribution < 1.29 is 9.50 Å². The van der Waals surface area contributed by atoms with Gasteiger partial charge in [-0.3, -0.25) is 4.90 Å². The van der Waals surface area contributed by atoms with Crippen LogP contribution in [-0.4, -0.2) is 29.7 Å². The van der Waals surface area contributed by atoms with E-state index < -0.39 is 0 Å². The fourth-order valence-corrected chi connectivity index (χ4v) is 2.40. The summed E-state index contributed by atoms with van der Waals surface area (Å²) in [6, 6.07) is 4.73. The van der Waals surface area contributed by atoms with E-state index in [1.54, 1.807) is 6.07 Å². The molecule has 0 aromatic heterocycles. The fraction of sp³-hybridized carbons (Fsp3) is 0.500. The Labute approximate surface area is 114 Å². The maximum atomic E-state index is 13.3. The third-order valence-electron chi connectivity index (χ3n) is 3.64. The van der Waals surface area contributed by atoms with E-state index >= 15 is 0 Å². The summed E-state index contributed by atoms with van der Waals surface area (Å²) in [5.74, 6) is 5.96. The average molecular weight is 261 g/mol. The molecule has 0 aliphatic carbocycles. The average Bonchev–Trinajstić information content (AvgIpc) is 2.41. The van der Waals surface area contributed by atoms with Gasteiger partial charge in [0, 0.05) is 12.1 Å². The minimum Gasteiger partial charge on any atom is -0.384 e. The minimum atomic E-state index is -0.279. The summed E-state index contributed by atoms with van der Waals surface area (Å²) in [5.41, 5.74) is 1.73. The Bertz CT molecular complexity index is 481. The predicted molar refractivity (Wildman–Crippen MR) is 74.0 cm³/mol. The number of rotatable bonds is 2. The molecule has 19 heavy (non-hydrogen) atoms. The molecule has 1 fully saturated rings. The summed E-state index contributed by atoms with van der Waals surface area (Å²) >= 11 is 0. The first-order valence-electron chi connectivity index (χ1n) is 6.79. The molecule has 0 radical (unpaired) electrons. The zero-order valence-electron chi connectivity index (χ0n) is 11.3. The van der Waals surface area contributed by atoms with Crippen LogP contribution in [0, 0.1) is 23.6 Å². The monoisotopic (exact) mass is 261 g/mol. The highest BCUT2D eigenvalue weighted by Gasteiger charge is 2.16. The van der Waals surface area contributed by atoms with Crippen LogP contribution < -0.4 is 0 Å². The van der Waals surface area contributed by atoms with Crippen LogP contribution in [0.3, 0.4) is 0 Å². The van der Waals surface area contributed by atoms with Crippen LogP contribution in [0.2, 0.25) is 0 Å². The number of hydrogen-bond acceptors (Lipinski definition) is 2. The second kappa shape index (κ2) is 6.70. The highest BCUT2D eigenvalue weighted by atomic mass is 19.1. The third-order valence-corrected chi connectivity index (χ3v) is 3.64. The normalized spacial score (nSPS) is 17.0. The van der Waals surface area contributed by atoms with E-state index in [-0.39, 0.29) is 12.4 Å². The van der Waals surface area contributed by atoms with Crippen LogP contribution in [0.4, 0.5) is 4.39 Å². The molecule has 1 aromatic carbocycles. The van der Waals surface area contributed by atoms with E-state index in [9.17, 15) is 4.39 Å². The van der Waals surface area contributed by atoms with Gasteiger partial charge in [-0.05, 0) is 49.5 Å². The molecule has 0 spiro atoms. The van der Waals surface area contributed by atoms with Crippen molar-refractivity contribution in [1.82, 2.24) is 4.90 Å². The molecule has 1 aliphatic heterocycles. The molecule has 0 unspecified atom stereocenters. The minimum absolute atomic E-state index is 0.197. The first kappa shape index (κ1) is 14.0. The molecule has 1 heterocycles. The number of benzene rings is 1. The molecule has 2 rings (SSSR count). The van der Waals surface area contributed by atoms with Crippen LogP contribution >= 0.6 is 0 Å². The summed E-state index contributed by atoms with van der Waals surface area (Å²) in [6.07, 6.45) is 2.44. The lowest BCUT2D eigenvalue weighted by Crippen LogP contribution is -2.32. The second-order valence-electron chi connectivity index (χ2n) is 5.22. The predicted octanol–water partition coefficient (Wildman–Crippen LogP) is 2.40. The standard InChI is InChI=1S/C16H20FNO/c1-13-6-8-18(9-7-13)12-15-4-5-16(17)11-14(15)3-2-10-19/h4-5,11,13,19H,6-10,12H2,1H3. The van der Waals surface area contributed by atoms with E-state index in [0.717, 1.165) is 31.1 Å². The van der Waals surface area contributed by atoms with Crippen molar-refractivity contribution in [3.05, 3.63) is 35.1 Å². The maximum absolute atomic E-state index is 13.3. The molecule has 2 nitrogen and oxygen atoms in total. The van der Waals surface area contributed by atoms with Crippen LogP contribution in [0.15, 0.2) is 18.2 Å². The van der Waals surface area contributed by atoms with Crippen molar-refractivity contribution in [3.8, 4) is 11.8 Å². The fourth-order valence-electron chi connectivity index (χ4n) is 2.40. The van der Waals surface area contributed by atoms with E-state index in [1.165, 1.54) is 25.0 Å². The Morgan fingerprint density at radius 2 is 2.11 bits per heavy atom. The van der Waals surface area contributed by atoms with Gasteiger partial charge in [-0.1, -0.05) is 24.8 Å². The molecule has 0 amide bonds. The Kier molecular flexibility index (Phi) is 4.95. The Hall–Kier alpha value is -1.37. The summed E-state index contributed by atoms with van der Waals surface area (Å²) in [6.45, 7) is 5.07. The molecule has 3 heteroatoms. The smallest absolute Gasteiger partial charge is 0.124 e. The van der Waals surface area contributed by atoms with E-state index in [0.29, 0.717) is 5.56 Å². The summed E-state index contributed by atoms with van der Waals surface area (Å²) in [4.78, 5) is 2.39. The van der Waals surface area contributed by atoms with Crippen molar-refractivity contribution in [1.29, 1.82) is 0 Å². The summed E-state index contributed by atoms with van der Waals surface area (Å²) in [5, 5.41) is 8.76. The molecular weight excluding hydrogens is 241 g/mol. The number of likely N-dealkylation sites (tertiary alicyclic amines) is 1. The molecule has 0 saturated carbocycles. The number of aliphatic hydroxyl groups excluding tert-OH is 1. The van der Waals surface area contributed by atoms with E-state index in [2.05, 4.69) is 23.7 Å². The van der Waals surface area contributed by atoms with Gasteiger partial charge >= 0.3 is 0 Å². The number of aliphatic hydroxyl groups is 1. The lowest BCUT2D eigenvalue weighted by atomic mass is 9.98.